The molecule has 3 aromatic rings. The standard InChI is InChI=1S/C18H16N2O5S2/c1-25-15-10-8-14(9-11-15)19(13-16-5-4-12-26-16)27(23,24)18-7-3-2-6-17(18)20(21)22/h2-12H,13H2,1H3. The zero-order valence-corrected chi connectivity index (χ0v) is 15.9. The smallest absolute Gasteiger partial charge is 0.289 e. The molecule has 2 aromatic carbocycles. The molecular formula is C18H16N2O5S2. The second-order valence-electron chi connectivity index (χ2n) is 5.51. The van der Waals surface area contributed by atoms with Crippen LogP contribution in [0.5, 0.6) is 5.75 Å². The first-order valence-electron chi connectivity index (χ1n) is 7.86. The number of rotatable bonds is 7. The van der Waals surface area contributed by atoms with Gasteiger partial charge in [0.1, 0.15) is 5.75 Å². The van der Waals surface area contributed by atoms with Gasteiger partial charge < -0.3 is 4.74 Å². The number of para-hydroxylation sites is 1. The van der Waals surface area contributed by atoms with Crippen LogP contribution in [0.4, 0.5) is 11.4 Å². The van der Waals surface area contributed by atoms with Gasteiger partial charge in [-0.15, -0.1) is 11.3 Å². The van der Waals surface area contributed by atoms with E-state index in [9.17, 15) is 18.5 Å². The van der Waals surface area contributed by atoms with E-state index in [1.54, 1.807) is 24.3 Å². The highest BCUT2D eigenvalue weighted by Crippen LogP contribution is 2.32. The fraction of sp³-hybridized carbons (Fsp3) is 0.111. The molecule has 1 heterocycles. The van der Waals surface area contributed by atoms with Crippen LogP contribution >= 0.6 is 11.3 Å². The zero-order chi connectivity index (χ0) is 19.4. The van der Waals surface area contributed by atoms with Gasteiger partial charge >= 0.3 is 0 Å². The van der Waals surface area contributed by atoms with E-state index < -0.39 is 20.6 Å². The summed E-state index contributed by atoms with van der Waals surface area (Å²) in [6, 6.07) is 15.5. The minimum atomic E-state index is -4.17. The number of hydrogen-bond donors (Lipinski definition) is 0. The Morgan fingerprint density at radius 3 is 2.37 bits per heavy atom. The van der Waals surface area contributed by atoms with E-state index in [-0.39, 0.29) is 11.4 Å². The Labute approximate surface area is 160 Å². The van der Waals surface area contributed by atoms with Crippen LogP contribution in [-0.4, -0.2) is 20.5 Å². The predicted molar refractivity (Wildman–Crippen MR) is 104 cm³/mol. The molecule has 1 aromatic heterocycles. The maximum atomic E-state index is 13.3. The van der Waals surface area contributed by atoms with Gasteiger partial charge in [-0.1, -0.05) is 18.2 Å². The quantitative estimate of drug-likeness (QED) is 0.438. The van der Waals surface area contributed by atoms with Gasteiger partial charge in [0.05, 0.1) is 24.3 Å². The third kappa shape index (κ3) is 3.93. The summed E-state index contributed by atoms with van der Waals surface area (Å²) in [5, 5.41) is 13.2. The van der Waals surface area contributed by atoms with Crippen LogP contribution in [0.15, 0.2) is 70.9 Å². The number of anilines is 1. The van der Waals surface area contributed by atoms with E-state index in [0.717, 1.165) is 4.88 Å². The molecule has 27 heavy (non-hydrogen) atoms. The Balaban J connectivity index is 2.12. The lowest BCUT2D eigenvalue weighted by Crippen LogP contribution is -2.30. The molecule has 3 rings (SSSR count). The van der Waals surface area contributed by atoms with Crippen LogP contribution in [0.25, 0.3) is 0 Å². The van der Waals surface area contributed by atoms with Crippen molar-refractivity contribution in [2.75, 3.05) is 11.4 Å². The number of benzene rings is 2. The molecule has 0 aliphatic rings. The SMILES string of the molecule is COc1ccc(N(Cc2cccs2)S(=O)(=O)c2ccccc2[N+](=O)[O-])cc1. The van der Waals surface area contributed by atoms with Crippen molar-refractivity contribution in [3.05, 3.63) is 81.0 Å². The summed E-state index contributed by atoms with van der Waals surface area (Å²) in [5.74, 6) is 0.581. The number of nitro groups is 1. The maximum absolute atomic E-state index is 13.3. The number of thiophene rings is 1. The summed E-state index contributed by atoms with van der Waals surface area (Å²) < 4.78 is 33.0. The summed E-state index contributed by atoms with van der Waals surface area (Å²) in [7, 11) is -2.65. The molecule has 0 N–H and O–H groups in total. The van der Waals surface area contributed by atoms with Crippen molar-refractivity contribution in [1.29, 1.82) is 0 Å². The fourth-order valence-corrected chi connectivity index (χ4v) is 4.93. The number of methoxy groups -OCH3 is 1. The Bertz CT molecular complexity index is 1030. The normalized spacial score (nSPS) is 11.1. The van der Waals surface area contributed by atoms with Gasteiger partial charge in [-0.3, -0.25) is 14.4 Å². The average molecular weight is 404 g/mol. The van der Waals surface area contributed by atoms with Crippen molar-refractivity contribution in [2.24, 2.45) is 0 Å². The topological polar surface area (TPSA) is 89.8 Å². The number of nitro benzene ring substituents is 1. The Hall–Kier alpha value is -2.91. The van der Waals surface area contributed by atoms with Crippen molar-refractivity contribution in [1.82, 2.24) is 0 Å². The first-order valence-corrected chi connectivity index (χ1v) is 10.2. The van der Waals surface area contributed by atoms with Crippen molar-refractivity contribution >= 4 is 32.7 Å². The zero-order valence-electron chi connectivity index (χ0n) is 14.3. The third-order valence-corrected chi connectivity index (χ3v) is 6.55. The number of ether oxygens (including phenoxy) is 1. The molecule has 0 aliphatic heterocycles. The fourth-order valence-electron chi connectivity index (χ4n) is 2.55. The first kappa shape index (κ1) is 18.9. The predicted octanol–water partition coefficient (Wildman–Crippen LogP) is 4.06. The van der Waals surface area contributed by atoms with Gasteiger partial charge in [0.25, 0.3) is 15.7 Å². The summed E-state index contributed by atoms with van der Waals surface area (Å²) in [5.41, 5.74) is -0.0652. The van der Waals surface area contributed by atoms with Crippen molar-refractivity contribution < 1.29 is 18.1 Å². The lowest BCUT2D eigenvalue weighted by atomic mass is 10.3. The van der Waals surface area contributed by atoms with Gasteiger partial charge in [0.2, 0.25) is 0 Å². The van der Waals surface area contributed by atoms with Crippen LogP contribution in [0.2, 0.25) is 0 Å². The van der Waals surface area contributed by atoms with Gasteiger partial charge in [-0.25, -0.2) is 8.42 Å². The van der Waals surface area contributed by atoms with Crippen LogP contribution < -0.4 is 9.04 Å². The van der Waals surface area contributed by atoms with E-state index >= 15 is 0 Å². The van der Waals surface area contributed by atoms with E-state index in [0.29, 0.717) is 11.4 Å². The Morgan fingerprint density at radius 2 is 1.78 bits per heavy atom. The van der Waals surface area contributed by atoms with Crippen molar-refractivity contribution in [3.63, 3.8) is 0 Å². The van der Waals surface area contributed by atoms with Crippen LogP contribution in [0.3, 0.4) is 0 Å². The Kier molecular flexibility index (Phi) is 5.43. The second kappa shape index (κ2) is 7.77. The van der Waals surface area contributed by atoms with Crippen molar-refractivity contribution in [3.8, 4) is 5.75 Å². The molecule has 0 radical (unpaired) electrons. The monoisotopic (exact) mass is 404 g/mol. The summed E-state index contributed by atoms with van der Waals surface area (Å²) in [6.07, 6.45) is 0. The molecule has 0 amide bonds. The molecule has 0 saturated heterocycles. The number of hydrogen-bond acceptors (Lipinski definition) is 6. The third-order valence-electron chi connectivity index (χ3n) is 3.87. The van der Waals surface area contributed by atoms with Crippen LogP contribution in [0, 0.1) is 10.1 Å². The molecule has 0 atom stereocenters. The molecule has 0 saturated carbocycles. The second-order valence-corrected chi connectivity index (χ2v) is 8.38. The lowest BCUT2D eigenvalue weighted by molar-refractivity contribution is -0.387. The summed E-state index contributed by atoms with van der Waals surface area (Å²) >= 11 is 1.41. The Morgan fingerprint density at radius 1 is 1.07 bits per heavy atom. The highest BCUT2D eigenvalue weighted by Gasteiger charge is 2.32. The van der Waals surface area contributed by atoms with Gasteiger partial charge in [-0.05, 0) is 41.8 Å². The molecule has 0 bridgehead atoms. The van der Waals surface area contributed by atoms with Crippen LogP contribution in [0.1, 0.15) is 4.88 Å². The molecule has 0 unspecified atom stereocenters. The molecule has 0 aliphatic carbocycles. The van der Waals surface area contributed by atoms with E-state index in [1.165, 1.54) is 47.0 Å². The number of nitrogens with zero attached hydrogens (tertiary/aromatic N) is 2. The first-order chi connectivity index (χ1) is 12.9. The lowest BCUT2D eigenvalue weighted by Gasteiger charge is -2.24. The minimum Gasteiger partial charge on any atom is -0.497 e. The van der Waals surface area contributed by atoms with Gasteiger partial charge in [0, 0.05) is 10.9 Å². The van der Waals surface area contributed by atoms with E-state index in [1.807, 2.05) is 17.5 Å². The molecule has 7 nitrogen and oxygen atoms in total. The maximum Gasteiger partial charge on any atom is 0.289 e. The van der Waals surface area contributed by atoms with Gasteiger partial charge in [-0.2, -0.15) is 0 Å². The summed E-state index contributed by atoms with van der Waals surface area (Å²) in [4.78, 5) is 11.1. The number of sulfonamides is 1. The molecule has 0 spiro atoms. The highest BCUT2D eigenvalue weighted by atomic mass is 32.2. The van der Waals surface area contributed by atoms with E-state index in [4.69, 9.17) is 4.74 Å². The molecule has 140 valence electrons. The van der Waals surface area contributed by atoms with Crippen LogP contribution in [-0.2, 0) is 16.6 Å². The average Bonchev–Trinajstić information content (AvgIpc) is 3.19. The van der Waals surface area contributed by atoms with Gasteiger partial charge in [0.15, 0.2) is 4.90 Å². The largest absolute Gasteiger partial charge is 0.497 e. The van der Waals surface area contributed by atoms with E-state index in [2.05, 4.69) is 0 Å². The highest BCUT2D eigenvalue weighted by molar-refractivity contribution is 7.93. The molecule has 0 fully saturated rings. The minimum absolute atomic E-state index is 0.0678. The summed E-state index contributed by atoms with van der Waals surface area (Å²) in [6.45, 7) is 0.0678. The molecule has 9 heteroatoms. The van der Waals surface area contributed by atoms with Crippen molar-refractivity contribution in [2.45, 2.75) is 11.4 Å². The molecular weight excluding hydrogens is 388 g/mol.